The Morgan fingerprint density at radius 1 is 1.14 bits per heavy atom. The normalized spacial score (nSPS) is 14.4. The van der Waals surface area contributed by atoms with Gasteiger partial charge in [0.05, 0.1) is 5.52 Å². The number of aromatic nitrogens is 2. The van der Waals surface area contributed by atoms with Gasteiger partial charge in [0.25, 0.3) is 0 Å². The second kappa shape index (κ2) is 7.85. The quantitative estimate of drug-likeness (QED) is 0.509. The van der Waals surface area contributed by atoms with Crippen molar-refractivity contribution in [2.24, 2.45) is 0 Å². The number of phenolic OH excluding ortho intramolecular Hbond substituents is 1. The topological polar surface area (TPSA) is 69.6 Å². The van der Waals surface area contributed by atoms with E-state index in [0.29, 0.717) is 31.2 Å². The van der Waals surface area contributed by atoms with Gasteiger partial charge in [0.1, 0.15) is 17.9 Å². The lowest BCUT2D eigenvalue weighted by Gasteiger charge is -2.35. The highest BCUT2D eigenvalue weighted by molar-refractivity contribution is 6.37. The SMILES string of the molecule is C=CC(=O)N1CCN(c2ncnc3cc([SiH3])c(-c4ccc(Cl)cc4O)cc23)CC1. The van der Waals surface area contributed by atoms with E-state index in [9.17, 15) is 9.90 Å². The second-order valence-corrected chi connectivity index (χ2v) is 8.57. The molecule has 0 radical (unpaired) electrons. The van der Waals surface area contributed by atoms with E-state index in [2.05, 4.69) is 33.6 Å². The summed E-state index contributed by atoms with van der Waals surface area (Å²) in [6.45, 7) is 6.19. The van der Waals surface area contributed by atoms with Crippen LogP contribution in [0.2, 0.25) is 5.02 Å². The van der Waals surface area contributed by atoms with Crippen LogP contribution in [0.25, 0.3) is 22.0 Å². The fraction of sp³-hybridized carbons (Fsp3) is 0.190. The zero-order chi connectivity index (χ0) is 20.5. The number of fused-ring (bicyclic) bond motifs is 1. The van der Waals surface area contributed by atoms with Crippen LogP contribution in [0.3, 0.4) is 0 Å². The fourth-order valence-electron chi connectivity index (χ4n) is 3.74. The van der Waals surface area contributed by atoms with Crippen LogP contribution in [0.15, 0.2) is 49.3 Å². The Labute approximate surface area is 176 Å². The summed E-state index contributed by atoms with van der Waals surface area (Å²) in [6.07, 6.45) is 2.94. The summed E-state index contributed by atoms with van der Waals surface area (Å²) < 4.78 is 0. The Morgan fingerprint density at radius 2 is 1.90 bits per heavy atom. The molecule has 4 rings (SSSR count). The highest BCUT2D eigenvalue weighted by atomic mass is 35.5. The van der Waals surface area contributed by atoms with Crippen molar-refractivity contribution < 1.29 is 9.90 Å². The van der Waals surface area contributed by atoms with Gasteiger partial charge < -0.3 is 14.9 Å². The molecule has 1 saturated heterocycles. The second-order valence-electron chi connectivity index (χ2n) is 7.06. The number of hydrogen-bond acceptors (Lipinski definition) is 5. The molecule has 0 atom stereocenters. The molecule has 29 heavy (non-hydrogen) atoms. The molecule has 1 fully saturated rings. The molecule has 0 unspecified atom stereocenters. The van der Waals surface area contributed by atoms with E-state index in [4.69, 9.17) is 11.6 Å². The van der Waals surface area contributed by atoms with Gasteiger partial charge in [-0.3, -0.25) is 4.79 Å². The molecule has 1 aromatic heterocycles. The molecular formula is C21H21ClN4O2Si. The van der Waals surface area contributed by atoms with Crippen LogP contribution in [-0.4, -0.2) is 62.3 Å². The molecule has 0 saturated carbocycles. The third-order valence-electron chi connectivity index (χ3n) is 5.28. The van der Waals surface area contributed by atoms with Gasteiger partial charge >= 0.3 is 0 Å². The number of carbonyl (C=O) groups excluding carboxylic acids is 1. The van der Waals surface area contributed by atoms with Gasteiger partial charge in [-0.05, 0) is 42.0 Å². The average Bonchev–Trinajstić information content (AvgIpc) is 2.73. The lowest BCUT2D eigenvalue weighted by Crippen LogP contribution is -2.48. The first-order valence-corrected chi connectivity index (χ1v) is 10.8. The summed E-state index contributed by atoms with van der Waals surface area (Å²) in [5.41, 5.74) is 2.59. The number of piperazine rings is 1. The lowest BCUT2D eigenvalue weighted by atomic mass is 10.0. The van der Waals surface area contributed by atoms with Gasteiger partial charge in [0.2, 0.25) is 5.91 Å². The Hall–Kier alpha value is -2.90. The van der Waals surface area contributed by atoms with Crippen molar-refractivity contribution in [3.8, 4) is 16.9 Å². The lowest BCUT2D eigenvalue weighted by molar-refractivity contribution is -0.126. The van der Waals surface area contributed by atoms with E-state index >= 15 is 0 Å². The number of amides is 1. The first kappa shape index (κ1) is 19.4. The molecule has 2 aromatic carbocycles. The summed E-state index contributed by atoms with van der Waals surface area (Å²) >= 11 is 6.00. The molecule has 0 spiro atoms. The first-order valence-electron chi connectivity index (χ1n) is 9.38. The van der Waals surface area contributed by atoms with E-state index < -0.39 is 0 Å². The molecule has 1 aliphatic heterocycles. The number of benzene rings is 2. The number of hydrogen-bond donors (Lipinski definition) is 1. The predicted octanol–water partition coefficient (Wildman–Crippen LogP) is 1.48. The summed E-state index contributed by atoms with van der Waals surface area (Å²) in [6, 6.07) is 9.29. The molecule has 148 valence electrons. The Bertz CT molecular complexity index is 1110. The van der Waals surface area contributed by atoms with Gasteiger partial charge in [-0.25, -0.2) is 9.97 Å². The van der Waals surface area contributed by atoms with Crippen LogP contribution < -0.4 is 10.1 Å². The maximum absolute atomic E-state index is 11.9. The number of anilines is 1. The highest BCUT2D eigenvalue weighted by Gasteiger charge is 2.22. The molecule has 1 N–H and O–H groups in total. The molecule has 1 aliphatic rings. The number of halogens is 1. The van der Waals surface area contributed by atoms with Crippen LogP contribution in [0.1, 0.15) is 0 Å². The van der Waals surface area contributed by atoms with Gasteiger partial charge in [-0.15, -0.1) is 0 Å². The zero-order valence-electron chi connectivity index (χ0n) is 16.1. The summed E-state index contributed by atoms with van der Waals surface area (Å²) in [4.78, 5) is 24.8. The average molecular weight is 425 g/mol. The smallest absolute Gasteiger partial charge is 0.246 e. The van der Waals surface area contributed by atoms with Crippen molar-refractivity contribution in [2.75, 3.05) is 31.1 Å². The Kier molecular flexibility index (Phi) is 5.25. The van der Waals surface area contributed by atoms with Crippen LogP contribution in [-0.2, 0) is 4.79 Å². The molecule has 0 bridgehead atoms. The fourth-order valence-corrected chi connectivity index (χ4v) is 4.59. The van der Waals surface area contributed by atoms with Crippen molar-refractivity contribution in [1.82, 2.24) is 14.9 Å². The number of rotatable bonds is 3. The maximum Gasteiger partial charge on any atom is 0.246 e. The molecule has 3 aromatic rings. The van der Waals surface area contributed by atoms with Crippen molar-refractivity contribution in [3.63, 3.8) is 0 Å². The third kappa shape index (κ3) is 3.71. The Morgan fingerprint density at radius 3 is 2.59 bits per heavy atom. The van der Waals surface area contributed by atoms with Gasteiger partial charge in [-0.1, -0.05) is 23.4 Å². The largest absolute Gasteiger partial charge is 0.507 e. The van der Waals surface area contributed by atoms with Crippen molar-refractivity contribution in [1.29, 1.82) is 0 Å². The van der Waals surface area contributed by atoms with E-state index in [1.54, 1.807) is 23.4 Å². The van der Waals surface area contributed by atoms with Crippen LogP contribution in [0.5, 0.6) is 5.75 Å². The van der Waals surface area contributed by atoms with E-state index in [1.165, 1.54) is 6.08 Å². The van der Waals surface area contributed by atoms with E-state index in [1.807, 2.05) is 6.07 Å². The standard InChI is InChI=1S/C21H21ClN4O2Si/c1-2-20(28)25-5-7-26(8-6-25)21-16-10-15(14-4-3-13(22)9-18(14)27)19(29)11-17(16)23-12-24-21/h2-4,9-12,27H,1,5-8H2,29H3. The molecule has 8 heteroatoms. The number of phenols is 1. The number of nitrogens with zero attached hydrogens (tertiary/aromatic N) is 4. The van der Waals surface area contributed by atoms with Gasteiger partial charge in [0, 0.05) is 52.4 Å². The van der Waals surface area contributed by atoms with Crippen LogP contribution in [0.4, 0.5) is 5.82 Å². The number of carbonyl (C=O) groups is 1. The van der Waals surface area contributed by atoms with Crippen molar-refractivity contribution >= 4 is 49.7 Å². The summed E-state index contributed by atoms with van der Waals surface area (Å²) in [5.74, 6) is 0.958. The zero-order valence-corrected chi connectivity index (χ0v) is 18.9. The minimum Gasteiger partial charge on any atom is -0.507 e. The third-order valence-corrected chi connectivity index (χ3v) is 6.34. The molecule has 2 heterocycles. The number of aromatic hydroxyl groups is 1. The molecule has 6 nitrogen and oxygen atoms in total. The van der Waals surface area contributed by atoms with E-state index in [-0.39, 0.29) is 11.7 Å². The van der Waals surface area contributed by atoms with Crippen LogP contribution >= 0.6 is 11.6 Å². The molecule has 0 aliphatic carbocycles. The van der Waals surface area contributed by atoms with Gasteiger partial charge in [-0.2, -0.15) is 0 Å². The molecular weight excluding hydrogens is 404 g/mol. The van der Waals surface area contributed by atoms with Crippen LogP contribution in [0, 0.1) is 0 Å². The monoisotopic (exact) mass is 424 g/mol. The minimum atomic E-state index is -0.0433. The van der Waals surface area contributed by atoms with Gasteiger partial charge in [0.15, 0.2) is 0 Å². The van der Waals surface area contributed by atoms with Crippen molar-refractivity contribution in [2.45, 2.75) is 0 Å². The molecule has 1 amide bonds. The predicted molar refractivity (Wildman–Crippen MR) is 120 cm³/mol. The van der Waals surface area contributed by atoms with Crippen molar-refractivity contribution in [3.05, 3.63) is 54.3 Å². The summed E-state index contributed by atoms with van der Waals surface area (Å²) in [7, 11) is 0.807. The van der Waals surface area contributed by atoms with E-state index in [0.717, 1.165) is 43.3 Å². The first-order chi connectivity index (χ1) is 14.0. The Balaban J connectivity index is 1.75. The summed E-state index contributed by atoms with van der Waals surface area (Å²) in [5, 5.41) is 13.0. The highest BCUT2D eigenvalue weighted by Crippen LogP contribution is 2.33. The minimum absolute atomic E-state index is 0.0433. The maximum atomic E-state index is 11.9.